The molecule has 6 nitrogen and oxygen atoms in total. The van der Waals surface area contributed by atoms with Gasteiger partial charge in [0.05, 0.1) is 13.1 Å². The molecule has 0 unspecified atom stereocenters. The first-order chi connectivity index (χ1) is 11.8. The van der Waals surface area contributed by atoms with Crippen molar-refractivity contribution in [3.63, 3.8) is 0 Å². The molecule has 1 aromatic carbocycles. The van der Waals surface area contributed by atoms with Crippen LogP contribution in [0.5, 0.6) is 5.75 Å². The molecule has 1 aromatic rings. The standard InChI is InChI=1S/C18H28N4O2.HI/c1-19-18(20-12-13-24-16-10-6-3-7-11-16)21-14-17(23)22-15-8-4-2-5-9-15;/h3,6-7,10-11,15H,2,4-5,8-9,12-14H2,1H3,(H,22,23)(H2,19,20,21);1H. The molecular formula is C18H29IN4O2. The van der Waals surface area contributed by atoms with Crippen LogP contribution in [-0.4, -0.2) is 44.7 Å². The zero-order valence-electron chi connectivity index (χ0n) is 14.8. The molecule has 0 saturated heterocycles. The van der Waals surface area contributed by atoms with Gasteiger partial charge in [-0.05, 0) is 25.0 Å². The van der Waals surface area contributed by atoms with E-state index in [2.05, 4.69) is 20.9 Å². The summed E-state index contributed by atoms with van der Waals surface area (Å²) in [6, 6.07) is 10.0. The molecule has 1 aliphatic carbocycles. The number of benzene rings is 1. The lowest BCUT2D eigenvalue weighted by atomic mass is 9.95. The summed E-state index contributed by atoms with van der Waals surface area (Å²) in [4.78, 5) is 16.1. The van der Waals surface area contributed by atoms with Crippen molar-refractivity contribution in [3.8, 4) is 5.75 Å². The van der Waals surface area contributed by atoms with Gasteiger partial charge in [0.15, 0.2) is 5.96 Å². The first-order valence-corrected chi connectivity index (χ1v) is 8.69. The molecule has 1 fully saturated rings. The van der Waals surface area contributed by atoms with Crippen LogP contribution in [0.25, 0.3) is 0 Å². The molecule has 0 spiro atoms. The maximum atomic E-state index is 12.0. The van der Waals surface area contributed by atoms with Crippen LogP contribution in [0.3, 0.4) is 0 Å². The zero-order chi connectivity index (χ0) is 17.0. The molecule has 3 N–H and O–H groups in total. The summed E-state index contributed by atoms with van der Waals surface area (Å²) in [5, 5.41) is 9.24. The van der Waals surface area contributed by atoms with Crippen molar-refractivity contribution in [2.24, 2.45) is 4.99 Å². The highest BCUT2D eigenvalue weighted by Gasteiger charge is 2.15. The minimum Gasteiger partial charge on any atom is -0.492 e. The first-order valence-electron chi connectivity index (χ1n) is 8.69. The average molecular weight is 460 g/mol. The van der Waals surface area contributed by atoms with Gasteiger partial charge in [-0.2, -0.15) is 0 Å². The minimum absolute atomic E-state index is 0. The van der Waals surface area contributed by atoms with E-state index in [4.69, 9.17) is 4.74 Å². The van der Waals surface area contributed by atoms with Gasteiger partial charge in [0.25, 0.3) is 0 Å². The monoisotopic (exact) mass is 460 g/mol. The van der Waals surface area contributed by atoms with E-state index in [0.29, 0.717) is 25.2 Å². The molecule has 0 heterocycles. The molecule has 1 aliphatic rings. The third kappa shape index (κ3) is 8.94. The molecule has 0 bridgehead atoms. The molecule has 2 rings (SSSR count). The van der Waals surface area contributed by atoms with Crippen LogP contribution in [0.4, 0.5) is 0 Å². The van der Waals surface area contributed by atoms with E-state index in [1.807, 2.05) is 30.3 Å². The van der Waals surface area contributed by atoms with Gasteiger partial charge in [0, 0.05) is 13.1 Å². The average Bonchev–Trinajstić information content (AvgIpc) is 2.63. The van der Waals surface area contributed by atoms with E-state index in [1.165, 1.54) is 19.3 Å². The number of halogens is 1. The first kappa shape index (κ1) is 21.5. The van der Waals surface area contributed by atoms with E-state index in [-0.39, 0.29) is 36.4 Å². The number of nitrogens with zero attached hydrogens (tertiary/aromatic N) is 1. The lowest BCUT2D eigenvalue weighted by Crippen LogP contribution is -2.46. The number of ether oxygens (including phenoxy) is 1. The Hall–Kier alpha value is -1.51. The summed E-state index contributed by atoms with van der Waals surface area (Å²) >= 11 is 0. The fraction of sp³-hybridized carbons (Fsp3) is 0.556. The molecule has 0 aromatic heterocycles. The predicted octanol–water partition coefficient (Wildman–Crippen LogP) is 2.30. The Kier molecular flexibility index (Phi) is 11.0. The van der Waals surface area contributed by atoms with Crippen molar-refractivity contribution in [1.29, 1.82) is 0 Å². The third-order valence-electron chi connectivity index (χ3n) is 4.02. The van der Waals surface area contributed by atoms with E-state index in [1.54, 1.807) is 7.05 Å². The van der Waals surface area contributed by atoms with E-state index >= 15 is 0 Å². The van der Waals surface area contributed by atoms with Gasteiger partial charge in [-0.15, -0.1) is 24.0 Å². The summed E-state index contributed by atoms with van der Waals surface area (Å²) < 4.78 is 5.60. The molecule has 0 aliphatic heterocycles. The largest absolute Gasteiger partial charge is 0.492 e. The van der Waals surface area contributed by atoms with Crippen LogP contribution in [0.1, 0.15) is 32.1 Å². The Balaban J connectivity index is 0.00000312. The molecule has 25 heavy (non-hydrogen) atoms. The fourth-order valence-electron chi connectivity index (χ4n) is 2.77. The Morgan fingerprint density at radius 3 is 2.56 bits per heavy atom. The summed E-state index contributed by atoms with van der Waals surface area (Å²) in [5.74, 6) is 1.46. The minimum atomic E-state index is 0. The summed E-state index contributed by atoms with van der Waals surface area (Å²) in [6.45, 7) is 1.37. The SMILES string of the molecule is CN=C(NCCOc1ccccc1)NCC(=O)NC1CCCCC1.I. The highest BCUT2D eigenvalue weighted by molar-refractivity contribution is 14.0. The second-order valence-corrected chi connectivity index (χ2v) is 5.92. The summed E-state index contributed by atoms with van der Waals surface area (Å²) in [5.41, 5.74) is 0. The van der Waals surface area contributed by atoms with Crippen LogP contribution in [0.2, 0.25) is 0 Å². The van der Waals surface area contributed by atoms with E-state index < -0.39 is 0 Å². The molecule has 7 heteroatoms. The van der Waals surface area contributed by atoms with Crippen LogP contribution < -0.4 is 20.7 Å². The maximum absolute atomic E-state index is 12.0. The van der Waals surface area contributed by atoms with Gasteiger partial charge in [-0.1, -0.05) is 37.5 Å². The normalized spacial score (nSPS) is 15.0. The Labute approximate surface area is 167 Å². The van der Waals surface area contributed by atoms with Crippen LogP contribution in [-0.2, 0) is 4.79 Å². The molecule has 140 valence electrons. The quantitative estimate of drug-likeness (QED) is 0.253. The summed E-state index contributed by atoms with van der Waals surface area (Å²) in [7, 11) is 1.69. The van der Waals surface area contributed by atoms with Gasteiger partial charge in [0.1, 0.15) is 12.4 Å². The number of amides is 1. The highest BCUT2D eigenvalue weighted by atomic mass is 127. The number of rotatable bonds is 7. The molecule has 0 radical (unpaired) electrons. The van der Waals surface area contributed by atoms with Crippen molar-refractivity contribution in [3.05, 3.63) is 30.3 Å². The number of hydrogen-bond donors (Lipinski definition) is 3. The topological polar surface area (TPSA) is 74.8 Å². The van der Waals surface area contributed by atoms with Crippen molar-refractivity contribution in [2.75, 3.05) is 26.7 Å². The fourth-order valence-corrected chi connectivity index (χ4v) is 2.77. The predicted molar refractivity (Wildman–Crippen MR) is 112 cm³/mol. The number of para-hydroxylation sites is 1. The second kappa shape index (κ2) is 12.8. The van der Waals surface area contributed by atoms with Crippen LogP contribution >= 0.6 is 24.0 Å². The molecule has 1 amide bonds. The molecule has 0 atom stereocenters. The molecule has 1 saturated carbocycles. The molecular weight excluding hydrogens is 431 g/mol. The van der Waals surface area contributed by atoms with Gasteiger partial charge in [-0.3, -0.25) is 9.79 Å². The van der Waals surface area contributed by atoms with Crippen molar-refractivity contribution < 1.29 is 9.53 Å². The number of nitrogens with one attached hydrogen (secondary N) is 3. The van der Waals surface area contributed by atoms with Gasteiger partial charge in [0.2, 0.25) is 5.91 Å². The maximum Gasteiger partial charge on any atom is 0.239 e. The van der Waals surface area contributed by atoms with Gasteiger partial charge < -0.3 is 20.7 Å². The smallest absolute Gasteiger partial charge is 0.239 e. The Bertz CT molecular complexity index is 519. The number of carbonyl (C=O) groups is 1. The van der Waals surface area contributed by atoms with Gasteiger partial charge >= 0.3 is 0 Å². The van der Waals surface area contributed by atoms with Gasteiger partial charge in [-0.25, -0.2) is 0 Å². The number of carbonyl (C=O) groups excluding carboxylic acids is 1. The highest BCUT2D eigenvalue weighted by Crippen LogP contribution is 2.17. The van der Waals surface area contributed by atoms with Crippen molar-refractivity contribution >= 4 is 35.8 Å². The zero-order valence-corrected chi connectivity index (χ0v) is 17.1. The van der Waals surface area contributed by atoms with Crippen molar-refractivity contribution in [2.45, 2.75) is 38.1 Å². The van der Waals surface area contributed by atoms with Crippen molar-refractivity contribution in [1.82, 2.24) is 16.0 Å². The lowest BCUT2D eigenvalue weighted by Gasteiger charge is -2.23. The second-order valence-electron chi connectivity index (χ2n) is 5.92. The third-order valence-corrected chi connectivity index (χ3v) is 4.02. The van der Waals surface area contributed by atoms with Crippen LogP contribution in [0.15, 0.2) is 35.3 Å². The lowest BCUT2D eigenvalue weighted by molar-refractivity contribution is -0.120. The van der Waals surface area contributed by atoms with E-state index in [9.17, 15) is 4.79 Å². The van der Waals surface area contributed by atoms with E-state index in [0.717, 1.165) is 18.6 Å². The summed E-state index contributed by atoms with van der Waals surface area (Å²) in [6.07, 6.45) is 5.89. The Morgan fingerprint density at radius 1 is 1.16 bits per heavy atom. The Morgan fingerprint density at radius 2 is 1.88 bits per heavy atom. The van der Waals surface area contributed by atoms with Crippen LogP contribution in [0, 0.1) is 0 Å². The number of hydrogen-bond acceptors (Lipinski definition) is 3. The number of aliphatic imine (C=N–C) groups is 1. The number of guanidine groups is 1.